The van der Waals surface area contributed by atoms with E-state index >= 15 is 0 Å². The Bertz CT molecular complexity index is 547. The number of hydrogen-bond donors (Lipinski definition) is 2. The van der Waals surface area contributed by atoms with Crippen LogP contribution in [0.1, 0.15) is 23.2 Å². The number of ether oxygens (including phenoxy) is 1. The van der Waals surface area contributed by atoms with Crippen molar-refractivity contribution >= 4 is 17.5 Å². The van der Waals surface area contributed by atoms with Gasteiger partial charge in [-0.15, -0.1) is 0 Å². The van der Waals surface area contributed by atoms with Crippen LogP contribution in [0.25, 0.3) is 0 Å². The van der Waals surface area contributed by atoms with Crippen LogP contribution in [0.5, 0.6) is 0 Å². The molecule has 2 saturated heterocycles. The molecule has 0 aromatic heterocycles. The number of carbonyl (C=O) groups excluding carboxylic acids is 2. The Labute approximate surface area is 136 Å². The molecule has 23 heavy (non-hydrogen) atoms. The van der Waals surface area contributed by atoms with Gasteiger partial charge in [0.2, 0.25) is 5.91 Å². The summed E-state index contributed by atoms with van der Waals surface area (Å²) in [6, 6.07) is 7.14. The number of benzene rings is 1. The van der Waals surface area contributed by atoms with E-state index in [1.807, 2.05) is 0 Å². The maximum absolute atomic E-state index is 12.4. The largest absolute Gasteiger partial charge is 0.378 e. The average Bonchev–Trinajstić information content (AvgIpc) is 2.63. The second kappa shape index (κ2) is 7.57. The third-order valence-corrected chi connectivity index (χ3v) is 4.41. The zero-order valence-electron chi connectivity index (χ0n) is 13.2. The number of anilines is 1. The molecule has 2 heterocycles. The van der Waals surface area contributed by atoms with E-state index in [4.69, 9.17) is 4.74 Å². The Kier molecular flexibility index (Phi) is 5.25. The smallest absolute Gasteiger partial charge is 0.254 e. The summed E-state index contributed by atoms with van der Waals surface area (Å²) in [5.41, 5.74) is 1.39. The molecule has 0 atom stereocenters. The summed E-state index contributed by atoms with van der Waals surface area (Å²) in [7, 11) is 0. The van der Waals surface area contributed by atoms with Crippen molar-refractivity contribution in [3.63, 3.8) is 0 Å². The maximum atomic E-state index is 12.4. The van der Waals surface area contributed by atoms with E-state index in [0.29, 0.717) is 31.9 Å². The maximum Gasteiger partial charge on any atom is 0.254 e. The Morgan fingerprint density at radius 2 is 1.74 bits per heavy atom. The highest BCUT2D eigenvalue weighted by Crippen LogP contribution is 2.17. The van der Waals surface area contributed by atoms with Crippen molar-refractivity contribution in [1.29, 1.82) is 0 Å². The molecule has 0 unspecified atom stereocenters. The lowest BCUT2D eigenvalue weighted by Crippen LogP contribution is -2.40. The first-order valence-electron chi connectivity index (χ1n) is 8.23. The van der Waals surface area contributed by atoms with Crippen LogP contribution in [-0.4, -0.2) is 56.1 Å². The van der Waals surface area contributed by atoms with E-state index < -0.39 is 0 Å². The van der Waals surface area contributed by atoms with Gasteiger partial charge in [0, 0.05) is 30.3 Å². The van der Waals surface area contributed by atoms with Gasteiger partial charge in [0.1, 0.15) is 0 Å². The Morgan fingerprint density at radius 1 is 1.09 bits per heavy atom. The zero-order valence-corrected chi connectivity index (χ0v) is 13.2. The van der Waals surface area contributed by atoms with Gasteiger partial charge in [0.25, 0.3) is 5.91 Å². The van der Waals surface area contributed by atoms with Crippen molar-refractivity contribution in [2.45, 2.75) is 12.8 Å². The van der Waals surface area contributed by atoms with Gasteiger partial charge in [0.05, 0.1) is 13.2 Å². The van der Waals surface area contributed by atoms with Crippen LogP contribution in [0.3, 0.4) is 0 Å². The molecule has 2 N–H and O–H groups in total. The predicted molar refractivity (Wildman–Crippen MR) is 87.4 cm³/mol. The highest BCUT2D eigenvalue weighted by Gasteiger charge is 2.21. The van der Waals surface area contributed by atoms with Crippen LogP contribution < -0.4 is 10.6 Å². The second-order valence-corrected chi connectivity index (χ2v) is 6.00. The summed E-state index contributed by atoms with van der Waals surface area (Å²) in [5, 5.41) is 6.20. The topological polar surface area (TPSA) is 70.7 Å². The molecule has 2 amide bonds. The molecule has 1 aromatic carbocycles. The molecule has 0 radical (unpaired) electrons. The third-order valence-electron chi connectivity index (χ3n) is 4.41. The predicted octanol–water partition coefficient (Wildman–Crippen LogP) is 1.10. The van der Waals surface area contributed by atoms with Crippen molar-refractivity contribution in [1.82, 2.24) is 10.2 Å². The Balaban J connectivity index is 1.58. The molecule has 6 heteroatoms. The van der Waals surface area contributed by atoms with Gasteiger partial charge in [-0.25, -0.2) is 0 Å². The van der Waals surface area contributed by atoms with Gasteiger partial charge in [-0.1, -0.05) is 0 Å². The molecular formula is C17H23N3O3. The molecule has 6 nitrogen and oxygen atoms in total. The number of nitrogens with one attached hydrogen (secondary N) is 2. The van der Waals surface area contributed by atoms with E-state index in [1.54, 1.807) is 29.2 Å². The lowest BCUT2D eigenvalue weighted by molar-refractivity contribution is -0.120. The van der Waals surface area contributed by atoms with E-state index in [9.17, 15) is 9.59 Å². The van der Waals surface area contributed by atoms with Gasteiger partial charge in [0.15, 0.2) is 0 Å². The number of carbonyl (C=O) groups is 2. The molecule has 1 aromatic rings. The van der Waals surface area contributed by atoms with Crippen molar-refractivity contribution in [3.05, 3.63) is 29.8 Å². The van der Waals surface area contributed by atoms with Crippen LogP contribution in [-0.2, 0) is 9.53 Å². The van der Waals surface area contributed by atoms with Gasteiger partial charge >= 0.3 is 0 Å². The van der Waals surface area contributed by atoms with Crippen LogP contribution in [0.15, 0.2) is 24.3 Å². The quantitative estimate of drug-likeness (QED) is 0.876. The van der Waals surface area contributed by atoms with Gasteiger partial charge < -0.3 is 20.3 Å². The lowest BCUT2D eigenvalue weighted by Gasteiger charge is -2.27. The number of nitrogens with zero attached hydrogens (tertiary/aromatic N) is 1. The Morgan fingerprint density at radius 3 is 2.39 bits per heavy atom. The third kappa shape index (κ3) is 4.09. The highest BCUT2D eigenvalue weighted by atomic mass is 16.5. The summed E-state index contributed by atoms with van der Waals surface area (Å²) in [5.74, 6) is 0.161. The molecular weight excluding hydrogens is 294 g/mol. The van der Waals surface area contributed by atoms with Crippen molar-refractivity contribution in [2.75, 3.05) is 44.7 Å². The zero-order chi connectivity index (χ0) is 16.1. The van der Waals surface area contributed by atoms with E-state index in [2.05, 4.69) is 10.6 Å². The van der Waals surface area contributed by atoms with Gasteiger partial charge in [-0.05, 0) is 50.2 Å². The highest BCUT2D eigenvalue weighted by molar-refractivity contribution is 5.96. The van der Waals surface area contributed by atoms with Gasteiger partial charge in [-0.2, -0.15) is 0 Å². The monoisotopic (exact) mass is 317 g/mol. The summed E-state index contributed by atoms with van der Waals surface area (Å²) in [6.45, 7) is 4.24. The van der Waals surface area contributed by atoms with Crippen LogP contribution in [0.2, 0.25) is 0 Å². The fourth-order valence-corrected chi connectivity index (χ4v) is 2.97. The Hall–Kier alpha value is -1.92. The number of hydrogen-bond acceptors (Lipinski definition) is 4. The second-order valence-electron chi connectivity index (χ2n) is 6.00. The summed E-state index contributed by atoms with van der Waals surface area (Å²) in [6.07, 6.45) is 1.75. The molecule has 3 rings (SSSR count). The van der Waals surface area contributed by atoms with Crippen LogP contribution in [0, 0.1) is 5.92 Å². The normalized spacial score (nSPS) is 19.4. The van der Waals surface area contributed by atoms with E-state index in [1.165, 1.54) is 0 Å². The van der Waals surface area contributed by atoms with Crippen LogP contribution in [0.4, 0.5) is 5.69 Å². The van der Waals surface area contributed by atoms with Crippen molar-refractivity contribution in [2.24, 2.45) is 5.92 Å². The number of piperidine rings is 1. The number of morpholine rings is 1. The first kappa shape index (κ1) is 16.0. The molecule has 2 aliphatic rings. The van der Waals surface area contributed by atoms with E-state index in [0.717, 1.165) is 31.6 Å². The number of rotatable bonds is 3. The van der Waals surface area contributed by atoms with Crippen LogP contribution >= 0.6 is 0 Å². The molecule has 0 spiro atoms. The first-order valence-corrected chi connectivity index (χ1v) is 8.23. The fourth-order valence-electron chi connectivity index (χ4n) is 2.97. The minimum atomic E-state index is 0.0181. The molecule has 2 fully saturated rings. The first-order chi connectivity index (χ1) is 11.2. The molecule has 124 valence electrons. The fraction of sp³-hybridized carbons (Fsp3) is 0.529. The average molecular weight is 317 g/mol. The summed E-state index contributed by atoms with van der Waals surface area (Å²) >= 11 is 0. The minimum absolute atomic E-state index is 0.0181. The summed E-state index contributed by atoms with van der Waals surface area (Å²) in [4.78, 5) is 26.4. The lowest BCUT2D eigenvalue weighted by atomic mass is 9.97. The number of amides is 2. The molecule has 0 aliphatic carbocycles. The minimum Gasteiger partial charge on any atom is -0.378 e. The van der Waals surface area contributed by atoms with Crippen molar-refractivity contribution in [3.8, 4) is 0 Å². The summed E-state index contributed by atoms with van der Waals surface area (Å²) < 4.78 is 5.26. The SMILES string of the molecule is O=C(Nc1ccc(C(=O)N2CCOCC2)cc1)C1CCNCC1. The van der Waals surface area contributed by atoms with Crippen molar-refractivity contribution < 1.29 is 14.3 Å². The molecule has 0 bridgehead atoms. The standard InChI is InChI=1S/C17H23N3O3/c21-16(13-5-7-18-8-6-13)19-15-3-1-14(2-4-15)17(22)20-9-11-23-12-10-20/h1-4,13,18H,5-12H2,(H,19,21). The van der Waals surface area contributed by atoms with E-state index in [-0.39, 0.29) is 17.7 Å². The molecule has 2 aliphatic heterocycles. The van der Waals surface area contributed by atoms with Gasteiger partial charge in [-0.3, -0.25) is 9.59 Å². The molecule has 0 saturated carbocycles.